The number of benzene rings is 3. The first kappa shape index (κ1) is 31.0. The van der Waals surface area contributed by atoms with Crippen molar-refractivity contribution in [3.05, 3.63) is 120 Å². The average molecular weight is 615 g/mol. The molecule has 4 nitrogen and oxygen atoms in total. The third kappa shape index (κ3) is 4.95. The molecule has 0 radical (unpaired) electrons. The topological polar surface area (TPSA) is 49.4 Å². The van der Waals surface area contributed by atoms with Gasteiger partial charge in [0.25, 0.3) is 0 Å². The Morgan fingerprint density at radius 1 is 0.783 bits per heavy atom. The molecule has 0 bridgehead atoms. The molecule has 3 aliphatic carbocycles. The Morgan fingerprint density at radius 3 is 1.91 bits per heavy atom. The number of fused-ring (bicyclic) bond motifs is 5. The van der Waals surface area contributed by atoms with E-state index in [1.807, 2.05) is 79.4 Å². The van der Waals surface area contributed by atoms with Gasteiger partial charge in [0.1, 0.15) is 5.66 Å². The minimum atomic E-state index is -0.857. The molecular weight excluding hydrogens is 564 g/mol. The molecule has 0 saturated heterocycles. The molecular formula is C42H50N2O2. The summed E-state index contributed by atoms with van der Waals surface area (Å²) < 4.78 is 0. The zero-order valence-corrected chi connectivity index (χ0v) is 28.0. The molecule has 3 saturated carbocycles. The molecule has 3 fully saturated rings. The summed E-state index contributed by atoms with van der Waals surface area (Å²) in [6.07, 6.45) is 13.1. The third-order valence-corrected chi connectivity index (χ3v) is 12.9. The second-order valence-corrected chi connectivity index (χ2v) is 15.7. The number of hydrogen-bond donors (Lipinski definition) is 1. The molecule has 1 unspecified atom stereocenters. The van der Waals surface area contributed by atoms with Gasteiger partial charge in [-0.3, -0.25) is 9.59 Å². The Labute approximate surface area is 275 Å². The maximum atomic E-state index is 14.5. The molecule has 6 atom stereocenters. The minimum absolute atomic E-state index is 0.00757. The van der Waals surface area contributed by atoms with Gasteiger partial charge < -0.3 is 10.2 Å². The fourth-order valence-corrected chi connectivity index (χ4v) is 10.8. The normalized spacial score (nSPS) is 30.7. The third-order valence-electron chi connectivity index (χ3n) is 12.9. The highest BCUT2D eigenvalue weighted by Gasteiger charge is 2.60. The standard InChI is InChI=1S/C42H50N2O2/c1-39(2,44-36-23-22-33-34-21-14-26-40(34,3)27-24-35(33)41(36,4)28-25-38(44)46)43-37(45)29-42(30-15-8-5-9-16-30,31-17-10-6-11-18-31)32-19-12-7-13-20-32/h5-13,15-20,25,28,33-36H,14,21-24,26-27,29H2,1-4H3,(H,43,45)/t33-,34-,35+,36?,40-,41+/m0/s1. The smallest absolute Gasteiger partial charge is 0.248 e. The van der Waals surface area contributed by atoms with E-state index in [1.165, 1.54) is 38.5 Å². The van der Waals surface area contributed by atoms with Crippen LogP contribution in [0.1, 0.15) is 95.8 Å². The van der Waals surface area contributed by atoms with Crippen LogP contribution in [0.5, 0.6) is 0 Å². The number of carbonyl (C=O) groups is 2. The van der Waals surface area contributed by atoms with Crippen LogP contribution in [-0.4, -0.2) is 28.4 Å². The number of nitrogens with one attached hydrogen (secondary N) is 1. The fraction of sp³-hybridized carbons (Fsp3) is 0.476. The molecule has 2 amide bonds. The predicted octanol–water partition coefficient (Wildman–Crippen LogP) is 8.66. The number of nitrogens with zero attached hydrogens (tertiary/aromatic N) is 1. The largest absolute Gasteiger partial charge is 0.334 e. The lowest BCUT2D eigenvalue weighted by Gasteiger charge is -2.62. The van der Waals surface area contributed by atoms with E-state index in [-0.39, 0.29) is 29.7 Å². The molecule has 0 aromatic heterocycles. The van der Waals surface area contributed by atoms with Crippen LogP contribution in [-0.2, 0) is 15.0 Å². The first-order chi connectivity index (χ1) is 22.1. The summed E-state index contributed by atoms with van der Waals surface area (Å²) in [6, 6.07) is 31.2. The highest BCUT2D eigenvalue weighted by atomic mass is 16.2. The SMILES string of the molecule is CC(C)(NC(=O)CC(c1ccccc1)(c1ccccc1)c1ccccc1)N1C(=O)C=C[C@@]2(C)C1CC[C@@H]1[C@H]2CC[C@]2(C)CCC[C@@H]12. The lowest BCUT2D eigenvalue weighted by Crippen LogP contribution is -2.69. The lowest BCUT2D eigenvalue weighted by molar-refractivity contribution is -0.155. The van der Waals surface area contributed by atoms with Gasteiger partial charge in [-0.15, -0.1) is 0 Å². The van der Waals surface area contributed by atoms with Crippen molar-refractivity contribution in [2.75, 3.05) is 0 Å². The van der Waals surface area contributed by atoms with Crippen molar-refractivity contribution in [3.8, 4) is 0 Å². The zero-order valence-electron chi connectivity index (χ0n) is 28.0. The van der Waals surface area contributed by atoms with Gasteiger partial charge in [0, 0.05) is 17.9 Å². The Balaban J connectivity index is 1.20. The van der Waals surface area contributed by atoms with Gasteiger partial charge in [-0.25, -0.2) is 0 Å². The van der Waals surface area contributed by atoms with Crippen LogP contribution in [0.4, 0.5) is 0 Å². The highest BCUT2D eigenvalue weighted by Crippen LogP contribution is 2.64. The van der Waals surface area contributed by atoms with Crippen molar-refractivity contribution in [3.63, 3.8) is 0 Å². The second kappa shape index (κ2) is 11.5. The first-order valence-electron chi connectivity index (χ1n) is 17.6. The average Bonchev–Trinajstić information content (AvgIpc) is 3.47. The minimum Gasteiger partial charge on any atom is -0.334 e. The van der Waals surface area contributed by atoms with Crippen molar-refractivity contribution in [2.24, 2.45) is 28.6 Å². The summed E-state index contributed by atoms with van der Waals surface area (Å²) in [7, 11) is 0. The van der Waals surface area contributed by atoms with Crippen LogP contribution in [0, 0.1) is 28.6 Å². The molecule has 4 aliphatic rings. The molecule has 1 aliphatic heterocycles. The number of hydrogen-bond acceptors (Lipinski definition) is 2. The van der Waals surface area contributed by atoms with E-state index in [2.05, 4.69) is 61.6 Å². The monoisotopic (exact) mass is 614 g/mol. The Hall–Kier alpha value is -3.66. The van der Waals surface area contributed by atoms with Crippen LogP contribution in [0.2, 0.25) is 0 Å². The molecule has 0 spiro atoms. The Bertz CT molecular complexity index is 1500. The Morgan fingerprint density at radius 2 is 1.35 bits per heavy atom. The van der Waals surface area contributed by atoms with Crippen LogP contribution >= 0.6 is 0 Å². The molecule has 3 aromatic carbocycles. The van der Waals surface area contributed by atoms with E-state index >= 15 is 0 Å². The second-order valence-electron chi connectivity index (χ2n) is 15.7. The van der Waals surface area contributed by atoms with Gasteiger partial charge in [0.15, 0.2) is 0 Å². The Kier molecular flexibility index (Phi) is 7.77. The van der Waals surface area contributed by atoms with Crippen molar-refractivity contribution < 1.29 is 9.59 Å². The maximum Gasteiger partial charge on any atom is 0.248 e. The molecule has 7 rings (SSSR count). The van der Waals surface area contributed by atoms with Gasteiger partial charge in [0.05, 0.1) is 5.41 Å². The van der Waals surface area contributed by atoms with Crippen LogP contribution in [0.3, 0.4) is 0 Å². The first-order valence-corrected chi connectivity index (χ1v) is 17.6. The molecule has 4 heteroatoms. The number of amides is 2. The predicted molar refractivity (Wildman–Crippen MR) is 185 cm³/mol. The van der Waals surface area contributed by atoms with Crippen LogP contribution < -0.4 is 5.32 Å². The molecule has 1 N–H and O–H groups in total. The van der Waals surface area contributed by atoms with E-state index < -0.39 is 11.1 Å². The van der Waals surface area contributed by atoms with E-state index in [4.69, 9.17) is 0 Å². The van der Waals surface area contributed by atoms with E-state index in [1.54, 1.807) is 0 Å². The molecule has 240 valence electrons. The van der Waals surface area contributed by atoms with Gasteiger partial charge in [-0.1, -0.05) is 117 Å². The van der Waals surface area contributed by atoms with Gasteiger partial charge in [-0.05, 0) is 98.3 Å². The maximum absolute atomic E-state index is 14.5. The summed E-state index contributed by atoms with van der Waals surface area (Å²) in [5.41, 5.74) is 2.06. The van der Waals surface area contributed by atoms with Crippen molar-refractivity contribution in [2.45, 2.75) is 96.2 Å². The van der Waals surface area contributed by atoms with E-state index in [0.29, 0.717) is 11.3 Å². The van der Waals surface area contributed by atoms with E-state index in [0.717, 1.165) is 34.9 Å². The number of carbonyl (C=O) groups excluding carboxylic acids is 2. The van der Waals surface area contributed by atoms with Gasteiger partial charge in [-0.2, -0.15) is 0 Å². The van der Waals surface area contributed by atoms with Crippen LogP contribution in [0.25, 0.3) is 0 Å². The van der Waals surface area contributed by atoms with Crippen molar-refractivity contribution >= 4 is 11.8 Å². The summed E-state index contributed by atoms with van der Waals surface area (Å²) in [5.74, 6) is 2.04. The number of rotatable bonds is 7. The molecule has 3 aromatic rings. The molecule has 1 heterocycles. The zero-order chi connectivity index (χ0) is 32.2. The summed E-state index contributed by atoms with van der Waals surface area (Å²) in [6.45, 7) is 9.00. The fourth-order valence-electron chi connectivity index (χ4n) is 10.8. The quantitative estimate of drug-likeness (QED) is 0.271. The van der Waals surface area contributed by atoms with Gasteiger partial charge in [0.2, 0.25) is 11.8 Å². The lowest BCUT2D eigenvalue weighted by atomic mass is 9.48. The van der Waals surface area contributed by atoms with Crippen LogP contribution in [0.15, 0.2) is 103 Å². The highest BCUT2D eigenvalue weighted by molar-refractivity contribution is 5.90. The van der Waals surface area contributed by atoms with Gasteiger partial charge >= 0.3 is 0 Å². The van der Waals surface area contributed by atoms with E-state index in [9.17, 15) is 9.59 Å². The summed E-state index contributed by atoms with van der Waals surface area (Å²) in [4.78, 5) is 30.4. The molecule has 46 heavy (non-hydrogen) atoms. The summed E-state index contributed by atoms with van der Waals surface area (Å²) in [5, 5.41) is 3.42. The van der Waals surface area contributed by atoms with Crippen molar-refractivity contribution in [1.29, 1.82) is 0 Å². The van der Waals surface area contributed by atoms with Crippen molar-refractivity contribution in [1.82, 2.24) is 10.2 Å². The summed E-state index contributed by atoms with van der Waals surface area (Å²) >= 11 is 0.